The summed E-state index contributed by atoms with van der Waals surface area (Å²) in [5.74, 6) is 1.43. The lowest BCUT2D eigenvalue weighted by atomic mass is 10.1. The van der Waals surface area contributed by atoms with Gasteiger partial charge >= 0.3 is 0 Å². The van der Waals surface area contributed by atoms with Gasteiger partial charge in [0.15, 0.2) is 5.82 Å². The second kappa shape index (κ2) is 17.1. The number of carbonyl (C=O) groups excluding carboxylic acids is 2. The predicted molar refractivity (Wildman–Crippen MR) is 165 cm³/mol. The van der Waals surface area contributed by atoms with Gasteiger partial charge in [-0.3, -0.25) is 14.7 Å². The standard InChI is InChI=1S/C29H39N11O3/c1-21-18-26(38-37-21)34-25-19-24(35-29(36-25)33-23-9-7-22(8-10-23)11-12-30)31-13-14-32-27(41)20-40(16-17-43-4)28(42)6-5-15-39(2)3/h5-10,18-19H,11,13-17,20H2,1-4H3,(H,32,41)(H4,31,33,34,35,36,37,38)/b6-5+. The molecule has 0 aliphatic rings. The molecule has 2 heterocycles. The molecule has 0 spiro atoms. The van der Waals surface area contributed by atoms with Gasteiger partial charge in [0.25, 0.3) is 0 Å². The number of H-pyrrole nitrogens is 1. The number of ether oxygens (including phenoxy) is 1. The predicted octanol–water partition coefficient (Wildman–Crippen LogP) is 2.18. The second-order valence-electron chi connectivity index (χ2n) is 9.87. The third kappa shape index (κ3) is 11.8. The summed E-state index contributed by atoms with van der Waals surface area (Å²) in [6, 6.07) is 13.2. The first kappa shape index (κ1) is 32.5. The minimum Gasteiger partial charge on any atom is -0.383 e. The lowest BCUT2D eigenvalue weighted by Gasteiger charge is -2.20. The van der Waals surface area contributed by atoms with E-state index in [9.17, 15) is 9.59 Å². The van der Waals surface area contributed by atoms with Gasteiger partial charge in [-0.25, -0.2) is 0 Å². The van der Waals surface area contributed by atoms with Crippen molar-refractivity contribution in [2.24, 2.45) is 0 Å². The number of anilines is 5. The first-order valence-corrected chi connectivity index (χ1v) is 13.8. The molecule has 2 aromatic heterocycles. The third-order valence-corrected chi connectivity index (χ3v) is 5.88. The number of aryl methyl sites for hydroxylation is 1. The van der Waals surface area contributed by atoms with Gasteiger partial charge in [-0.15, -0.1) is 0 Å². The topological polar surface area (TPSA) is 176 Å². The SMILES string of the molecule is COCCN(CC(=O)NCCNc1cc(Nc2cc(C)[nH]n2)nc(Nc2ccc(CC#N)cc2)n1)C(=O)/C=C/CN(C)C. The Bertz CT molecular complexity index is 1400. The summed E-state index contributed by atoms with van der Waals surface area (Å²) in [5, 5.41) is 28.4. The molecule has 14 heteroatoms. The van der Waals surface area contributed by atoms with Crippen molar-refractivity contribution in [3.05, 3.63) is 59.8 Å². The molecule has 0 radical (unpaired) electrons. The highest BCUT2D eigenvalue weighted by atomic mass is 16.5. The highest BCUT2D eigenvalue weighted by molar-refractivity contribution is 5.91. The molecule has 0 fully saturated rings. The van der Waals surface area contributed by atoms with E-state index in [0.29, 0.717) is 62.6 Å². The van der Waals surface area contributed by atoms with Gasteiger partial charge in [-0.1, -0.05) is 18.2 Å². The van der Waals surface area contributed by atoms with E-state index in [4.69, 9.17) is 10.00 Å². The van der Waals surface area contributed by atoms with Crippen molar-refractivity contribution in [1.82, 2.24) is 35.3 Å². The Balaban J connectivity index is 1.61. The molecule has 0 unspecified atom stereocenters. The van der Waals surface area contributed by atoms with Crippen LogP contribution in [0.5, 0.6) is 0 Å². The first-order valence-electron chi connectivity index (χ1n) is 13.8. The summed E-state index contributed by atoms with van der Waals surface area (Å²) in [4.78, 5) is 37.7. The minimum absolute atomic E-state index is 0.0830. The molecule has 0 aliphatic carbocycles. The fraction of sp³-hybridized carbons (Fsp3) is 0.379. The molecule has 228 valence electrons. The van der Waals surface area contributed by atoms with Gasteiger partial charge in [0, 0.05) is 62.9 Å². The number of benzene rings is 1. The Morgan fingerprint density at radius 1 is 1.07 bits per heavy atom. The molecule has 3 rings (SSSR count). The highest BCUT2D eigenvalue weighted by Gasteiger charge is 2.15. The monoisotopic (exact) mass is 589 g/mol. The molecule has 1 aromatic carbocycles. The number of amides is 2. The maximum absolute atomic E-state index is 12.6. The molecule has 14 nitrogen and oxygen atoms in total. The molecule has 5 N–H and O–H groups in total. The summed E-state index contributed by atoms with van der Waals surface area (Å²) >= 11 is 0. The van der Waals surface area contributed by atoms with Crippen molar-refractivity contribution in [2.45, 2.75) is 13.3 Å². The molecule has 0 atom stereocenters. The summed E-state index contributed by atoms with van der Waals surface area (Å²) in [5.41, 5.74) is 2.57. The average molecular weight is 590 g/mol. The van der Waals surface area contributed by atoms with Crippen molar-refractivity contribution in [3.8, 4) is 6.07 Å². The molecule has 2 amide bonds. The zero-order valence-corrected chi connectivity index (χ0v) is 25.0. The Morgan fingerprint density at radius 2 is 1.84 bits per heavy atom. The number of likely N-dealkylation sites (N-methyl/N-ethyl adjacent to an activating group) is 1. The van der Waals surface area contributed by atoms with Crippen LogP contribution in [-0.4, -0.2) is 102 Å². The number of hydrogen-bond acceptors (Lipinski definition) is 11. The van der Waals surface area contributed by atoms with Crippen molar-refractivity contribution in [1.29, 1.82) is 5.26 Å². The van der Waals surface area contributed by atoms with Gasteiger partial charge in [0.05, 0.1) is 25.6 Å². The Labute approximate surface area is 251 Å². The highest BCUT2D eigenvalue weighted by Crippen LogP contribution is 2.21. The van der Waals surface area contributed by atoms with Crippen LogP contribution in [0.15, 0.2) is 48.6 Å². The van der Waals surface area contributed by atoms with Crippen LogP contribution in [0.4, 0.5) is 29.1 Å². The molecular formula is C29H39N11O3. The van der Waals surface area contributed by atoms with E-state index in [-0.39, 0.29) is 18.4 Å². The van der Waals surface area contributed by atoms with Crippen LogP contribution in [0, 0.1) is 18.3 Å². The maximum Gasteiger partial charge on any atom is 0.246 e. The average Bonchev–Trinajstić information content (AvgIpc) is 3.38. The van der Waals surface area contributed by atoms with Crippen LogP contribution in [-0.2, 0) is 20.7 Å². The first-order chi connectivity index (χ1) is 20.7. The summed E-state index contributed by atoms with van der Waals surface area (Å²) in [6.07, 6.45) is 3.57. The fourth-order valence-corrected chi connectivity index (χ4v) is 3.76. The van der Waals surface area contributed by atoms with E-state index in [1.54, 1.807) is 19.3 Å². The van der Waals surface area contributed by atoms with Crippen LogP contribution >= 0.6 is 0 Å². The van der Waals surface area contributed by atoms with Gasteiger partial charge in [0.1, 0.15) is 11.6 Å². The van der Waals surface area contributed by atoms with Crippen LogP contribution < -0.4 is 21.3 Å². The van der Waals surface area contributed by atoms with E-state index in [1.165, 1.54) is 11.0 Å². The van der Waals surface area contributed by atoms with Crippen molar-refractivity contribution < 1.29 is 14.3 Å². The second-order valence-corrected chi connectivity index (χ2v) is 9.87. The number of methoxy groups -OCH3 is 1. The van der Waals surface area contributed by atoms with Crippen molar-refractivity contribution >= 4 is 40.9 Å². The van der Waals surface area contributed by atoms with E-state index in [2.05, 4.69) is 47.5 Å². The van der Waals surface area contributed by atoms with E-state index in [0.717, 1.165) is 16.9 Å². The summed E-state index contributed by atoms with van der Waals surface area (Å²) in [7, 11) is 5.37. The Kier molecular flexibility index (Phi) is 12.9. The number of aromatic amines is 1. The number of aromatic nitrogens is 4. The molecule has 3 aromatic rings. The maximum atomic E-state index is 12.6. The van der Waals surface area contributed by atoms with Crippen molar-refractivity contribution in [3.63, 3.8) is 0 Å². The van der Waals surface area contributed by atoms with Gasteiger partial charge < -0.3 is 35.8 Å². The third-order valence-electron chi connectivity index (χ3n) is 5.88. The molecule has 0 aliphatic heterocycles. The van der Waals surface area contributed by atoms with Gasteiger partial charge in [0.2, 0.25) is 17.8 Å². The summed E-state index contributed by atoms with van der Waals surface area (Å²) in [6.45, 7) is 3.74. The number of nitrogens with one attached hydrogen (secondary N) is 5. The zero-order chi connectivity index (χ0) is 31.0. The quantitative estimate of drug-likeness (QED) is 0.115. The minimum atomic E-state index is -0.284. The Hall–Kier alpha value is -5.00. The van der Waals surface area contributed by atoms with Crippen molar-refractivity contribution in [2.75, 3.05) is 76.5 Å². The molecule has 0 bridgehead atoms. The normalized spacial score (nSPS) is 10.9. The molecule has 0 saturated carbocycles. The van der Waals surface area contributed by atoms with Gasteiger partial charge in [-0.05, 0) is 38.7 Å². The molecule has 0 saturated heterocycles. The lowest BCUT2D eigenvalue weighted by Crippen LogP contribution is -2.42. The van der Waals surface area contributed by atoms with Gasteiger partial charge in [-0.2, -0.15) is 20.3 Å². The number of nitriles is 1. The smallest absolute Gasteiger partial charge is 0.246 e. The van der Waals surface area contributed by atoms with Crippen LogP contribution in [0.3, 0.4) is 0 Å². The summed E-state index contributed by atoms with van der Waals surface area (Å²) < 4.78 is 5.10. The molecule has 43 heavy (non-hydrogen) atoms. The largest absolute Gasteiger partial charge is 0.383 e. The fourth-order valence-electron chi connectivity index (χ4n) is 3.76. The number of hydrogen-bond donors (Lipinski definition) is 5. The Morgan fingerprint density at radius 3 is 2.51 bits per heavy atom. The van der Waals surface area contributed by atoms with E-state index >= 15 is 0 Å². The van der Waals surface area contributed by atoms with Crippen LogP contribution in [0.2, 0.25) is 0 Å². The lowest BCUT2D eigenvalue weighted by molar-refractivity contribution is -0.132. The zero-order valence-electron chi connectivity index (χ0n) is 25.0. The van der Waals surface area contributed by atoms with E-state index < -0.39 is 0 Å². The van der Waals surface area contributed by atoms with Crippen LogP contribution in [0.1, 0.15) is 11.3 Å². The number of rotatable bonds is 17. The van der Waals surface area contributed by atoms with E-state index in [1.807, 2.05) is 56.3 Å². The molecular weight excluding hydrogens is 550 g/mol. The van der Waals surface area contributed by atoms with Crippen LogP contribution in [0.25, 0.3) is 0 Å². The number of carbonyl (C=O) groups is 2. The number of nitrogens with zero attached hydrogens (tertiary/aromatic N) is 6.